The van der Waals surface area contributed by atoms with Crippen LogP contribution in [0, 0.1) is 0 Å². The number of benzene rings is 14. The molecule has 2 aromatic heterocycles. The fourth-order valence-electron chi connectivity index (χ4n) is 12.8. The minimum atomic E-state index is 0.858. The summed E-state index contributed by atoms with van der Waals surface area (Å²) in [7, 11) is 3.40. The quantitative estimate of drug-likeness (QED) is 0.109. The van der Waals surface area contributed by atoms with Gasteiger partial charge in [-0.25, -0.2) is 0 Å². The van der Waals surface area contributed by atoms with Crippen molar-refractivity contribution < 1.29 is 9.47 Å². The first-order valence-corrected chi connectivity index (χ1v) is 31.9. The minimum absolute atomic E-state index is 0.858. The fourth-order valence-corrected chi connectivity index (χ4v) is 12.8. The summed E-state index contributed by atoms with van der Waals surface area (Å²) >= 11 is 0. The number of ether oxygens (including phenoxy) is 2. The van der Waals surface area contributed by atoms with E-state index in [2.05, 4.69) is 349 Å². The molecule has 4 nitrogen and oxygen atoms in total. The SMILES string of the molecule is COc1ccc(-c2ccc(-n3cc(-c4ccc(-c5ccccc5)cc4)c4cc(-c5ccc(-c6ccccc6)cc5)ccc43)cc2)cc1.COc1cccc(-c2ccc(-n3cc(-c4ccc(-c5ccccc5)cc4)c4cc(-c5ccc(-c6ccccc6)cc5)ccc43)cc2)c1. The Morgan fingerprint density at radius 1 is 0.191 bits per heavy atom. The lowest BCUT2D eigenvalue weighted by Gasteiger charge is -2.09. The maximum Gasteiger partial charge on any atom is 0.119 e. The zero-order chi connectivity index (χ0) is 63.2. The fraction of sp³-hybridized carbons (Fsp3) is 0.0222. The Bertz CT molecular complexity index is 5220. The van der Waals surface area contributed by atoms with Gasteiger partial charge in [-0.15, -0.1) is 0 Å². The van der Waals surface area contributed by atoms with E-state index in [-0.39, 0.29) is 0 Å². The second-order valence-electron chi connectivity index (χ2n) is 23.6. The van der Waals surface area contributed by atoms with Gasteiger partial charge in [-0.2, -0.15) is 0 Å². The molecule has 0 radical (unpaired) electrons. The number of fused-ring (bicyclic) bond motifs is 2. The number of nitrogens with zero attached hydrogens (tertiary/aromatic N) is 2. The average Bonchev–Trinajstić information content (AvgIpc) is 1.62. The molecule has 0 unspecified atom stereocenters. The van der Waals surface area contributed by atoms with Gasteiger partial charge in [-0.3, -0.25) is 0 Å². The van der Waals surface area contributed by atoms with Crippen molar-refractivity contribution in [2.45, 2.75) is 0 Å². The summed E-state index contributed by atoms with van der Waals surface area (Å²) in [6.45, 7) is 0. The van der Waals surface area contributed by atoms with Crippen molar-refractivity contribution in [2.24, 2.45) is 0 Å². The van der Waals surface area contributed by atoms with Crippen molar-refractivity contribution in [2.75, 3.05) is 14.2 Å². The summed E-state index contributed by atoms with van der Waals surface area (Å²) < 4.78 is 15.4. The second kappa shape index (κ2) is 26.3. The maximum absolute atomic E-state index is 5.46. The molecule has 4 heteroatoms. The van der Waals surface area contributed by atoms with E-state index in [0.29, 0.717) is 0 Å². The number of rotatable bonds is 14. The van der Waals surface area contributed by atoms with Crippen molar-refractivity contribution in [3.8, 4) is 134 Å². The molecule has 0 aliphatic carbocycles. The lowest BCUT2D eigenvalue weighted by atomic mass is 9.97. The topological polar surface area (TPSA) is 28.3 Å². The Kier molecular flexibility index (Phi) is 16.3. The summed E-state index contributed by atoms with van der Waals surface area (Å²) in [5, 5.41) is 2.44. The van der Waals surface area contributed by atoms with Gasteiger partial charge in [0.1, 0.15) is 11.5 Å². The van der Waals surface area contributed by atoms with E-state index in [1.54, 1.807) is 14.2 Å². The van der Waals surface area contributed by atoms with E-state index in [1.807, 2.05) is 24.3 Å². The molecular formula is C90H66N2O2. The molecule has 448 valence electrons. The largest absolute Gasteiger partial charge is 0.497 e. The second-order valence-corrected chi connectivity index (χ2v) is 23.6. The molecule has 0 N–H and O–H groups in total. The number of aromatic nitrogens is 2. The highest BCUT2D eigenvalue weighted by molar-refractivity contribution is 6.01. The molecule has 94 heavy (non-hydrogen) atoms. The van der Waals surface area contributed by atoms with Gasteiger partial charge in [-0.05, 0) is 173 Å². The van der Waals surface area contributed by atoms with Gasteiger partial charge >= 0.3 is 0 Å². The Morgan fingerprint density at radius 3 is 0.755 bits per heavy atom. The van der Waals surface area contributed by atoms with Crippen molar-refractivity contribution in [1.29, 1.82) is 0 Å². The molecule has 2 heterocycles. The smallest absolute Gasteiger partial charge is 0.119 e. The molecule has 0 atom stereocenters. The highest BCUT2D eigenvalue weighted by Crippen LogP contribution is 2.40. The van der Waals surface area contributed by atoms with Crippen LogP contribution in [-0.2, 0) is 0 Å². The van der Waals surface area contributed by atoms with Gasteiger partial charge in [0.15, 0.2) is 0 Å². The zero-order valence-electron chi connectivity index (χ0n) is 52.4. The van der Waals surface area contributed by atoms with Crippen LogP contribution in [0.3, 0.4) is 0 Å². The molecule has 0 bridgehead atoms. The summed E-state index contributed by atoms with van der Waals surface area (Å²) in [6.07, 6.45) is 4.57. The van der Waals surface area contributed by atoms with Crippen LogP contribution >= 0.6 is 0 Å². The van der Waals surface area contributed by atoms with Crippen LogP contribution in [0.15, 0.2) is 364 Å². The summed E-state index contributed by atoms with van der Waals surface area (Å²) in [4.78, 5) is 0. The molecule has 0 amide bonds. The Balaban J connectivity index is 0.000000155. The van der Waals surface area contributed by atoms with Crippen molar-refractivity contribution in [3.05, 3.63) is 364 Å². The van der Waals surface area contributed by atoms with Crippen LogP contribution in [0.5, 0.6) is 11.5 Å². The van der Waals surface area contributed by atoms with E-state index in [4.69, 9.17) is 9.47 Å². The van der Waals surface area contributed by atoms with Gasteiger partial charge in [0.05, 0.1) is 25.3 Å². The van der Waals surface area contributed by atoms with E-state index < -0.39 is 0 Å². The third kappa shape index (κ3) is 12.2. The zero-order valence-corrected chi connectivity index (χ0v) is 52.4. The molecule has 14 aromatic carbocycles. The summed E-state index contributed by atoms with van der Waals surface area (Å²) in [6, 6.07) is 126. The number of methoxy groups -OCH3 is 2. The van der Waals surface area contributed by atoms with Crippen LogP contribution in [0.4, 0.5) is 0 Å². The molecule has 0 fully saturated rings. The third-order valence-electron chi connectivity index (χ3n) is 18.0. The molecule has 0 saturated heterocycles. The maximum atomic E-state index is 5.46. The van der Waals surface area contributed by atoms with Crippen LogP contribution in [0.2, 0.25) is 0 Å². The summed E-state index contributed by atoms with van der Waals surface area (Å²) in [5.41, 5.74) is 28.6. The highest BCUT2D eigenvalue weighted by Gasteiger charge is 2.17. The minimum Gasteiger partial charge on any atom is -0.497 e. The molecule has 0 aliphatic rings. The third-order valence-corrected chi connectivity index (χ3v) is 18.0. The molecule has 0 spiro atoms. The first kappa shape index (κ1) is 58.2. The Hall–Kier alpha value is -12.2. The molecular weight excluding hydrogens is 1140 g/mol. The molecule has 16 rings (SSSR count). The lowest BCUT2D eigenvalue weighted by molar-refractivity contribution is 0.415. The molecule has 16 aromatic rings. The van der Waals surface area contributed by atoms with E-state index in [1.165, 1.54) is 116 Å². The first-order valence-electron chi connectivity index (χ1n) is 31.9. The van der Waals surface area contributed by atoms with E-state index >= 15 is 0 Å². The van der Waals surface area contributed by atoms with Gasteiger partial charge in [0.2, 0.25) is 0 Å². The molecule has 0 aliphatic heterocycles. The van der Waals surface area contributed by atoms with Crippen molar-refractivity contribution in [1.82, 2.24) is 9.13 Å². The van der Waals surface area contributed by atoms with Crippen LogP contribution in [0.25, 0.3) is 144 Å². The summed E-state index contributed by atoms with van der Waals surface area (Å²) in [5.74, 6) is 1.72. The lowest BCUT2D eigenvalue weighted by Crippen LogP contribution is -1.92. The first-order chi connectivity index (χ1) is 46.5. The van der Waals surface area contributed by atoms with Crippen molar-refractivity contribution in [3.63, 3.8) is 0 Å². The van der Waals surface area contributed by atoms with Crippen LogP contribution in [0.1, 0.15) is 0 Å². The van der Waals surface area contributed by atoms with E-state index in [9.17, 15) is 0 Å². The molecule has 0 saturated carbocycles. The monoisotopic (exact) mass is 1210 g/mol. The predicted octanol–water partition coefficient (Wildman–Crippen LogP) is 23.9. The predicted molar refractivity (Wildman–Crippen MR) is 394 cm³/mol. The van der Waals surface area contributed by atoms with Gasteiger partial charge in [0.25, 0.3) is 0 Å². The van der Waals surface area contributed by atoms with Gasteiger partial charge in [0, 0.05) is 45.7 Å². The van der Waals surface area contributed by atoms with Gasteiger partial charge in [-0.1, -0.05) is 279 Å². The number of hydrogen-bond donors (Lipinski definition) is 0. The normalized spacial score (nSPS) is 11.1. The average molecular weight is 1210 g/mol. The number of hydrogen-bond acceptors (Lipinski definition) is 2. The van der Waals surface area contributed by atoms with Crippen LogP contribution < -0.4 is 9.47 Å². The highest BCUT2D eigenvalue weighted by atomic mass is 16.5. The Morgan fingerprint density at radius 2 is 0.436 bits per heavy atom. The van der Waals surface area contributed by atoms with Crippen molar-refractivity contribution >= 4 is 21.8 Å². The van der Waals surface area contributed by atoms with Gasteiger partial charge < -0.3 is 18.6 Å². The standard InChI is InChI=1S/2C45H33NO/c1-47-42-14-8-13-39(29-42)37-23-26-41(27-24-37)46-31-44(38-21-19-35(20-22-38)33-11-6-3-7-12-33)43-30-40(25-28-45(43)46)36-17-15-34(16-18-36)32-9-4-2-5-10-32;1-47-42-27-22-37(23-28-42)36-20-25-41(26-21-36)46-31-44(39-18-16-35(17-19-39)33-10-6-3-7-11-33)43-30-40(24-29-45(43)46)38-14-12-34(13-15-38)32-8-4-2-5-9-32/h2*2-31H,1H3. The van der Waals surface area contributed by atoms with E-state index in [0.717, 1.165) is 39.6 Å². The van der Waals surface area contributed by atoms with Crippen LogP contribution in [-0.4, -0.2) is 23.4 Å². The Labute approximate surface area is 549 Å².